The Morgan fingerprint density at radius 1 is 0.900 bits per heavy atom. The molecule has 1 fully saturated rings. The normalized spacial score (nSPS) is 15.2. The fraction of sp³-hybridized carbons (Fsp3) is 0.412. The third-order valence-corrected chi connectivity index (χ3v) is 9.00. The molecule has 6 aromatic heterocycles. The molecule has 262 valence electrons. The number of nitrogens with two attached hydrogens (primary N) is 2. The number of hydrogen-bond acceptors (Lipinski definition) is 12. The Balaban J connectivity index is 0.000000173. The first kappa shape index (κ1) is 34.4. The van der Waals surface area contributed by atoms with Gasteiger partial charge in [0, 0.05) is 29.8 Å². The number of nitrogen functional groups attached to an aromatic ring is 2. The van der Waals surface area contributed by atoms with Crippen LogP contribution in [-0.2, 0) is 4.74 Å². The summed E-state index contributed by atoms with van der Waals surface area (Å²) < 4.78 is 8.84. The van der Waals surface area contributed by atoms with Gasteiger partial charge >= 0.3 is 0 Å². The first-order valence-electron chi connectivity index (χ1n) is 16.8. The molecule has 0 aromatic carbocycles. The summed E-state index contributed by atoms with van der Waals surface area (Å²) in [5.41, 5.74) is 16.0. The van der Waals surface area contributed by atoms with Gasteiger partial charge in [-0.2, -0.15) is 20.2 Å². The largest absolute Gasteiger partial charge is 0.394 e. The molecule has 7 N–H and O–H groups in total. The number of aromatic amines is 2. The van der Waals surface area contributed by atoms with Crippen molar-refractivity contribution in [3.8, 4) is 22.5 Å². The quantitative estimate of drug-likeness (QED) is 0.138. The third kappa shape index (κ3) is 6.84. The van der Waals surface area contributed by atoms with Crippen molar-refractivity contribution >= 4 is 34.0 Å². The molecule has 6 aromatic rings. The summed E-state index contributed by atoms with van der Waals surface area (Å²) in [5, 5.41) is 25.1. The lowest BCUT2D eigenvalue weighted by atomic mass is 10.1. The van der Waals surface area contributed by atoms with E-state index < -0.39 is 0 Å². The van der Waals surface area contributed by atoms with Gasteiger partial charge in [0.25, 0.3) is 11.1 Å². The molecule has 1 aliphatic heterocycles. The highest BCUT2D eigenvalue weighted by molar-refractivity contribution is 5.84. The summed E-state index contributed by atoms with van der Waals surface area (Å²) in [6.07, 6.45) is 8.71. The van der Waals surface area contributed by atoms with Crippen LogP contribution in [0.2, 0.25) is 0 Å². The summed E-state index contributed by atoms with van der Waals surface area (Å²) >= 11 is 0. The van der Waals surface area contributed by atoms with Gasteiger partial charge in [0.15, 0.2) is 0 Å². The smallest absolute Gasteiger partial charge is 0.261 e. The number of hydrogen-bond donors (Lipinski definition) is 5. The average Bonchev–Trinajstić information content (AvgIpc) is 3.83. The number of aromatic nitrogens is 10. The lowest BCUT2D eigenvalue weighted by molar-refractivity contribution is 0.0594. The molecule has 0 saturated carbocycles. The number of aryl methyl sites for hydroxylation is 2. The van der Waals surface area contributed by atoms with E-state index in [-0.39, 0.29) is 41.7 Å². The number of fused-ring (bicyclic) bond motifs is 2. The molecule has 0 bridgehead atoms. The molecule has 1 aliphatic rings. The van der Waals surface area contributed by atoms with E-state index in [1.54, 1.807) is 45.8 Å². The minimum Gasteiger partial charge on any atom is -0.394 e. The first-order valence-corrected chi connectivity index (χ1v) is 16.8. The standard InChI is InChI=1S/C18H24N6O2.C16H18N6O2/c1-3-4-5-6-12(10-25)24-16-13(11(2)21-18(19)22-16)9-14(17(24)26)15-7-8-20-23-15;1-9-11-7-12(13-4-5-18-21-13)15(23)22(10-3-2-6-24-8-10)14(11)20-16(17)19-9/h7-9,12,25H,3-6,10H2,1-2H3,(H,20,23)(H2,19,21,22);4-5,7,10H,2-3,6,8H2,1H3,(H,18,21)(H2,17,19,20). The van der Waals surface area contributed by atoms with Crippen LogP contribution in [0.1, 0.15) is 68.9 Å². The molecule has 0 amide bonds. The Morgan fingerprint density at radius 3 is 2.04 bits per heavy atom. The topological polar surface area (TPSA) is 234 Å². The number of nitrogens with one attached hydrogen (secondary N) is 2. The van der Waals surface area contributed by atoms with Gasteiger partial charge in [0.1, 0.15) is 11.3 Å². The van der Waals surface area contributed by atoms with Crippen molar-refractivity contribution < 1.29 is 9.84 Å². The lowest BCUT2D eigenvalue weighted by Crippen LogP contribution is -2.32. The molecule has 50 heavy (non-hydrogen) atoms. The van der Waals surface area contributed by atoms with Crippen molar-refractivity contribution in [2.75, 3.05) is 31.3 Å². The minimum atomic E-state index is -0.367. The molecule has 2 atom stereocenters. The fourth-order valence-corrected chi connectivity index (χ4v) is 6.48. The van der Waals surface area contributed by atoms with Crippen LogP contribution in [-0.4, -0.2) is 74.4 Å². The highest BCUT2D eigenvalue weighted by Crippen LogP contribution is 2.28. The molecule has 7 rings (SSSR count). The first-order chi connectivity index (χ1) is 24.2. The number of anilines is 2. The molecule has 2 unspecified atom stereocenters. The maximum absolute atomic E-state index is 13.2. The Bertz CT molecular complexity index is 2200. The predicted octanol–water partition coefficient (Wildman–Crippen LogP) is 3.61. The zero-order valence-electron chi connectivity index (χ0n) is 28.4. The number of aliphatic hydroxyl groups is 1. The second-order valence-electron chi connectivity index (χ2n) is 12.4. The number of rotatable bonds is 9. The van der Waals surface area contributed by atoms with Crippen LogP contribution in [0.25, 0.3) is 44.6 Å². The molecule has 1 saturated heterocycles. The molecular weight excluding hydrogens is 640 g/mol. The van der Waals surface area contributed by atoms with Crippen molar-refractivity contribution in [1.82, 2.24) is 49.5 Å². The van der Waals surface area contributed by atoms with Crippen LogP contribution in [0.3, 0.4) is 0 Å². The van der Waals surface area contributed by atoms with Crippen molar-refractivity contribution in [1.29, 1.82) is 0 Å². The number of nitrogens with zero attached hydrogens (tertiary/aromatic N) is 8. The lowest BCUT2D eigenvalue weighted by Gasteiger charge is -2.26. The zero-order valence-corrected chi connectivity index (χ0v) is 28.4. The van der Waals surface area contributed by atoms with Gasteiger partial charge in [-0.05, 0) is 57.4 Å². The summed E-state index contributed by atoms with van der Waals surface area (Å²) in [6.45, 7) is 6.88. The molecule has 16 nitrogen and oxygen atoms in total. The fourth-order valence-electron chi connectivity index (χ4n) is 6.48. The Hall–Kier alpha value is -5.48. The van der Waals surface area contributed by atoms with E-state index >= 15 is 0 Å². The van der Waals surface area contributed by atoms with Crippen LogP contribution in [0.4, 0.5) is 11.9 Å². The van der Waals surface area contributed by atoms with E-state index in [2.05, 4.69) is 47.3 Å². The van der Waals surface area contributed by atoms with Gasteiger partial charge in [-0.25, -0.2) is 9.97 Å². The third-order valence-electron chi connectivity index (χ3n) is 9.00. The second-order valence-corrected chi connectivity index (χ2v) is 12.4. The van der Waals surface area contributed by atoms with Gasteiger partial charge < -0.3 is 21.3 Å². The van der Waals surface area contributed by atoms with Crippen molar-refractivity contribution in [3.05, 3.63) is 68.8 Å². The summed E-state index contributed by atoms with van der Waals surface area (Å²) in [4.78, 5) is 43.5. The van der Waals surface area contributed by atoms with Gasteiger partial charge in [-0.3, -0.25) is 28.9 Å². The van der Waals surface area contributed by atoms with Crippen molar-refractivity contribution in [2.45, 2.75) is 71.4 Å². The highest BCUT2D eigenvalue weighted by Gasteiger charge is 2.24. The monoisotopic (exact) mass is 682 g/mol. The van der Waals surface area contributed by atoms with Gasteiger partial charge in [-0.1, -0.05) is 26.2 Å². The SMILES string of the molecule is CCCCCC(CO)n1c(=O)c(-c2ccn[nH]2)cc2c(C)nc(N)nc21.Cc1nc(N)nc2c1cc(-c1ccn[nH]1)c(=O)n2C1CCCOC1. The second kappa shape index (κ2) is 15.0. The van der Waals surface area contributed by atoms with Crippen molar-refractivity contribution in [2.24, 2.45) is 0 Å². The number of unbranched alkanes of at least 4 members (excludes halogenated alkanes) is 2. The molecule has 0 aliphatic carbocycles. The summed E-state index contributed by atoms with van der Waals surface area (Å²) in [5.74, 6) is 0.279. The van der Waals surface area contributed by atoms with Gasteiger partial charge in [0.05, 0.1) is 59.2 Å². The Labute approximate surface area is 287 Å². The van der Waals surface area contributed by atoms with E-state index in [0.717, 1.165) is 55.2 Å². The van der Waals surface area contributed by atoms with E-state index in [0.29, 0.717) is 52.5 Å². The number of H-pyrrole nitrogens is 2. The maximum Gasteiger partial charge on any atom is 0.261 e. The maximum atomic E-state index is 13.2. The van der Waals surface area contributed by atoms with Crippen LogP contribution in [0, 0.1) is 13.8 Å². The van der Waals surface area contributed by atoms with Crippen LogP contribution in [0.5, 0.6) is 0 Å². The highest BCUT2D eigenvalue weighted by atomic mass is 16.5. The number of pyridine rings is 2. The average molecular weight is 683 g/mol. The molecule has 0 spiro atoms. The van der Waals surface area contributed by atoms with Crippen LogP contribution >= 0.6 is 0 Å². The van der Waals surface area contributed by atoms with Crippen LogP contribution < -0.4 is 22.6 Å². The minimum absolute atomic E-state index is 0.0645. The Morgan fingerprint density at radius 2 is 1.50 bits per heavy atom. The van der Waals surface area contributed by atoms with Gasteiger partial charge in [-0.15, -0.1) is 0 Å². The van der Waals surface area contributed by atoms with E-state index in [1.807, 2.05) is 13.8 Å². The van der Waals surface area contributed by atoms with E-state index in [9.17, 15) is 14.7 Å². The molecule has 0 radical (unpaired) electrons. The predicted molar refractivity (Wildman–Crippen MR) is 190 cm³/mol. The summed E-state index contributed by atoms with van der Waals surface area (Å²) in [7, 11) is 0. The molecule has 7 heterocycles. The number of ether oxygens (including phenoxy) is 1. The molecule has 16 heteroatoms. The van der Waals surface area contributed by atoms with Crippen LogP contribution in [0.15, 0.2) is 46.2 Å². The number of aliphatic hydroxyl groups excluding tert-OH is 1. The summed E-state index contributed by atoms with van der Waals surface area (Å²) in [6, 6.07) is 6.65. The van der Waals surface area contributed by atoms with Crippen molar-refractivity contribution in [3.63, 3.8) is 0 Å². The van der Waals surface area contributed by atoms with Gasteiger partial charge in [0.2, 0.25) is 11.9 Å². The zero-order chi connectivity index (χ0) is 35.4. The Kier molecular flexibility index (Phi) is 10.3. The van der Waals surface area contributed by atoms with E-state index in [4.69, 9.17) is 16.2 Å². The van der Waals surface area contributed by atoms with E-state index in [1.165, 1.54) is 0 Å². The molecular formula is C34H42N12O4.